The van der Waals surface area contributed by atoms with Crippen LogP contribution in [0.1, 0.15) is 18.4 Å². The minimum atomic E-state index is 0.247. The highest BCUT2D eigenvalue weighted by Gasteiger charge is 2.35. The number of phenols is 1. The molecule has 0 radical (unpaired) electrons. The van der Waals surface area contributed by atoms with Gasteiger partial charge in [-0.25, -0.2) is 0 Å². The molecule has 3 atom stereocenters. The minimum Gasteiger partial charge on any atom is -0.508 e. The van der Waals surface area contributed by atoms with Crippen molar-refractivity contribution in [3.05, 3.63) is 42.0 Å². The molecule has 1 fully saturated rings. The predicted molar refractivity (Wildman–Crippen MR) is 83.7 cm³/mol. The van der Waals surface area contributed by atoms with E-state index in [2.05, 4.69) is 28.0 Å². The molecule has 2 bridgehead atoms. The number of allylic oxidation sites excluding steroid dienone is 1. The van der Waals surface area contributed by atoms with Crippen molar-refractivity contribution < 1.29 is 5.11 Å². The zero-order valence-corrected chi connectivity index (χ0v) is 11.8. The number of rotatable bonds is 3. The van der Waals surface area contributed by atoms with Gasteiger partial charge in [-0.3, -0.25) is 5.43 Å². The van der Waals surface area contributed by atoms with Crippen molar-refractivity contribution in [2.24, 2.45) is 16.9 Å². The van der Waals surface area contributed by atoms with Crippen LogP contribution in [0, 0.1) is 11.8 Å². The number of nitrogens with one attached hydrogen (secondary N) is 2. The summed E-state index contributed by atoms with van der Waals surface area (Å²) in [6.07, 6.45) is 8.67. The van der Waals surface area contributed by atoms with Crippen LogP contribution < -0.4 is 10.7 Å². The lowest BCUT2D eigenvalue weighted by Gasteiger charge is -2.20. The summed E-state index contributed by atoms with van der Waals surface area (Å²) in [4.78, 5) is 0. The zero-order valence-electron chi connectivity index (χ0n) is 11.0. The van der Waals surface area contributed by atoms with Crippen LogP contribution in [-0.4, -0.2) is 22.5 Å². The van der Waals surface area contributed by atoms with Gasteiger partial charge >= 0.3 is 0 Å². The second kappa shape index (κ2) is 5.63. The van der Waals surface area contributed by atoms with Crippen LogP contribution >= 0.6 is 12.2 Å². The highest BCUT2D eigenvalue weighted by atomic mass is 32.1. The summed E-state index contributed by atoms with van der Waals surface area (Å²) in [5.74, 6) is 1.58. The fourth-order valence-corrected chi connectivity index (χ4v) is 3.08. The van der Waals surface area contributed by atoms with Crippen molar-refractivity contribution in [3.8, 4) is 5.75 Å². The van der Waals surface area contributed by atoms with E-state index in [0.717, 1.165) is 17.9 Å². The molecule has 0 aliphatic heterocycles. The number of hydrogen-bond donors (Lipinski definition) is 3. The fourth-order valence-electron chi connectivity index (χ4n) is 2.87. The maximum absolute atomic E-state index is 9.18. The number of thiocarbonyl (C=S) groups is 1. The van der Waals surface area contributed by atoms with E-state index in [1.54, 1.807) is 30.5 Å². The minimum absolute atomic E-state index is 0.247. The first-order valence-corrected chi connectivity index (χ1v) is 7.18. The third kappa shape index (κ3) is 2.99. The lowest BCUT2D eigenvalue weighted by molar-refractivity contribution is 0.475. The van der Waals surface area contributed by atoms with Gasteiger partial charge in [0.05, 0.1) is 6.21 Å². The molecule has 0 heterocycles. The molecule has 104 valence electrons. The van der Waals surface area contributed by atoms with Gasteiger partial charge in [-0.1, -0.05) is 12.2 Å². The molecule has 3 unspecified atom stereocenters. The Labute approximate surface area is 123 Å². The van der Waals surface area contributed by atoms with Crippen LogP contribution in [0.5, 0.6) is 5.75 Å². The number of nitrogens with zero attached hydrogens (tertiary/aromatic N) is 1. The molecule has 0 aromatic heterocycles. The molecule has 1 aromatic rings. The molecule has 3 N–H and O–H groups in total. The summed E-state index contributed by atoms with van der Waals surface area (Å²) < 4.78 is 0. The highest BCUT2D eigenvalue weighted by molar-refractivity contribution is 7.80. The van der Waals surface area contributed by atoms with Gasteiger partial charge in [0, 0.05) is 6.04 Å². The zero-order chi connectivity index (χ0) is 13.9. The largest absolute Gasteiger partial charge is 0.508 e. The second-order valence-electron chi connectivity index (χ2n) is 5.32. The van der Waals surface area contributed by atoms with E-state index < -0.39 is 0 Å². The molecule has 0 saturated heterocycles. The van der Waals surface area contributed by atoms with E-state index in [-0.39, 0.29) is 5.75 Å². The molecule has 20 heavy (non-hydrogen) atoms. The van der Waals surface area contributed by atoms with Crippen LogP contribution in [0.4, 0.5) is 0 Å². The third-order valence-corrected chi connectivity index (χ3v) is 4.08. The van der Waals surface area contributed by atoms with Crippen LogP contribution in [-0.2, 0) is 0 Å². The van der Waals surface area contributed by atoms with Crippen LogP contribution in [0.25, 0.3) is 0 Å². The first-order valence-electron chi connectivity index (χ1n) is 6.77. The summed E-state index contributed by atoms with van der Waals surface area (Å²) >= 11 is 5.24. The van der Waals surface area contributed by atoms with Gasteiger partial charge in [-0.2, -0.15) is 5.10 Å². The maximum Gasteiger partial charge on any atom is 0.187 e. The first-order chi connectivity index (χ1) is 9.70. The predicted octanol–water partition coefficient (Wildman–Crippen LogP) is 2.15. The van der Waals surface area contributed by atoms with E-state index in [1.807, 2.05) is 0 Å². The quantitative estimate of drug-likeness (QED) is 0.345. The average Bonchev–Trinajstić information content (AvgIpc) is 3.03. The standard InChI is InChI=1S/C15H17N3OS/c19-13-5-2-10(3-6-13)9-16-18-15(20)17-14-8-11-1-4-12(14)7-11/h1-6,9,11-12,14,19H,7-8H2,(H2,17,18,20)/b16-9+. The summed E-state index contributed by atoms with van der Waals surface area (Å²) in [5.41, 5.74) is 3.74. The van der Waals surface area contributed by atoms with Gasteiger partial charge in [0.1, 0.15) is 5.75 Å². The van der Waals surface area contributed by atoms with Crippen LogP contribution in [0.2, 0.25) is 0 Å². The summed E-state index contributed by atoms with van der Waals surface area (Å²) in [5, 5.41) is 17.2. The summed E-state index contributed by atoms with van der Waals surface area (Å²) in [6, 6.07) is 7.27. The number of aromatic hydroxyl groups is 1. The lowest BCUT2D eigenvalue weighted by atomic mass is 10.0. The fraction of sp³-hybridized carbons (Fsp3) is 0.333. The summed E-state index contributed by atoms with van der Waals surface area (Å²) in [6.45, 7) is 0. The van der Waals surface area contributed by atoms with Crippen molar-refractivity contribution in [1.29, 1.82) is 0 Å². The van der Waals surface area contributed by atoms with Gasteiger partial charge in [0.25, 0.3) is 0 Å². The van der Waals surface area contributed by atoms with E-state index in [9.17, 15) is 5.11 Å². The Bertz CT molecular complexity index is 553. The average molecular weight is 287 g/mol. The van der Waals surface area contributed by atoms with E-state index >= 15 is 0 Å². The van der Waals surface area contributed by atoms with Gasteiger partial charge in [0.15, 0.2) is 5.11 Å². The molecule has 5 heteroatoms. The molecule has 0 amide bonds. The summed E-state index contributed by atoms with van der Waals surface area (Å²) in [7, 11) is 0. The SMILES string of the molecule is Oc1ccc(/C=N/NC(=S)NC2CC3C=CC2C3)cc1. The van der Waals surface area contributed by atoms with Gasteiger partial charge < -0.3 is 10.4 Å². The van der Waals surface area contributed by atoms with Crippen molar-refractivity contribution >= 4 is 23.5 Å². The third-order valence-electron chi connectivity index (χ3n) is 3.87. The lowest BCUT2D eigenvalue weighted by Crippen LogP contribution is -2.42. The molecular weight excluding hydrogens is 270 g/mol. The molecule has 1 aromatic carbocycles. The number of fused-ring (bicyclic) bond motifs is 2. The van der Waals surface area contributed by atoms with E-state index in [1.165, 1.54) is 6.42 Å². The van der Waals surface area contributed by atoms with Crippen LogP contribution in [0.15, 0.2) is 41.5 Å². The number of hydrazone groups is 1. The molecular formula is C15H17N3OS. The van der Waals surface area contributed by atoms with E-state index in [0.29, 0.717) is 17.1 Å². The number of hydrogen-bond acceptors (Lipinski definition) is 3. The van der Waals surface area contributed by atoms with Gasteiger partial charge in [-0.05, 0) is 66.7 Å². The van der Waals surface area contributed by atoms with Crippen molar-refractivity contribution in [3.63, 3.8) is 0 Å². The molecule has 2 aliphatic carbocycles. The Morgan fingerprint density at radius 2 is 2.05 bits per heavy atom. The molecule has 4 nitrogen and oxygen atoms in total. The van der Waals surface area contributed by atoms with Crippen molar-refractivity contribution in [2.75, 3.05) is 0 Å². The number of phenolic OH excluding ortho intramolecular Hbond substituents is 1. The Morgan fingerprint density at radius 1 is 1.25 bits per heavy atom. The van der Waals surface area contributed by atoms with Gasteiger partial charge in [-0.15, -0.1) is 0 Å². The topological polar surface area (TPSA) is 56.7 Å². The Morgan fingerprint density at radius 3 is 2.70 bits per heavy atom. The first kappa shape index (κ1) is 13.1. The second-order valence-corrected chi connectivity index (χ2v) is 5.73. The van der Waals surface area contributed by atoms with Gasteiger partial charge in [0.2, 0.25) is 0 Å². The Hall–Kier alpha value is -1.88. The smallest absolute Gasteiger partial charge is 0.187 e. The highest BCUT2D eigenvalue weighted by Crippen LogP contribution is 2.38. The monoisotopic (exact) mass is 287 g/mol. The normalized spacial score (nSPS) is 27.1. The molecule has 1 saturated carbocycles. The number of benzene rings is 1. The Balaban J connectivity index is 1.47. The molecule has 2 aliphatic rings. The van der Waals surface area contributed by atoms with Crippen molar-refractivity contribution in [1.82, 2.24) is 10.7 Å². The Kier molecular flexibility index (Phi) is 3.69. The van der Waals surface area contributed by atoms with Crippen molar-refractivity contribution in [2.45, 2.75) is 18.9 Å². The van der Waals surface area contributed by atoms with E-state index in [4.69, 9.17) is 12.2 Å². The van der Waals surface area contributed by atoms with Crippen LogP contribution in [0.3, 0.4) is 0 Å². The molecule has 0 spiro atoms. The molecule has 3 rings (SSSR count). The maximum atomic E-state index is 9.18.